The van der Waals surface area contributed by atoms with Crippen molar-refractivity contribution in [3.05, 3.63) is 417 Å². The van der Waals surface area contributed by atoms with E-state index in [0.717, 1.165) is 46.7 Å². The standard InChI is InChI=1S/C29H31N2.C29H33N2.C28H31N2.C27H29N2.C25H25N2/c1-19-15-20(2)21(3)26(16-19)29-28(25-12-8-7-11-24(25)18-31(29)4)23-13-14-27(30-17-23)22-9-5-6-10-22;1-19-14-20(2)21(3)26(15-19)28-27(25-11-9-8-10-23(25)18-31(28)7)22-12-13-24(30-17-22)16-29(4,5)6;1-18(2)13-24-12-11-22(16-29-24)27-25-10-8-7-9-23(25)17-30(6)28(27)26-15-19(3)14-20(4)21(26)5;1-17(2)25-12-11-21(15-28-25)26-23-10-8-7-9-22(23)16-29(6)27(26)24-14-18(3)13-19(4)20(24)5;1-16-12-17(2)19(4)23(13-16)25-24(20-11-10-18(3)26-14-20)22-9-7-6-8-21(22)15-27(25)5/h7-8,11-18,22H,5-6,9-10H2,1-4H3;8-15,17-18H,16H2,1-7H3;7-12,14-18H,13H2,1-6H3;7-17H,1-6H3;6-15H,1-5H3/q5*+1. The van der Waals surface area contributed by atoms with E-state index in [9.17, 15) is 0 Å². The number of benzene rings is 10. The second-order valence-electron chi connectivity index (χ2n) is 44.2. The number of hydrogen-bond acceptors (Lipinski definition) is 5. The number of pyridine rings is 10. The lowest BCUT2D eigenvalue weighted by Crippen LogP contribution is -2.31. The topological polar surface area (TPSA) is 83.8 Å². The van der Waals surface area contributed by atoms with Gasteiger partial charge in [-0.25, -0.2) is 0 Å². The summed E-state index contributed by atoms with van der Waals surface area (Å²) in [6, 6.07) is 88.3. The van der Waals surface area contributed by atoms with Crippen molar-refractivity contribution < 1.29 is 22.8 Å². The number of hydrogen-bond donors (Lipinski definition) is 0. The highest BCUT2D eigenvalue weighted by Gasteiger charge is 2.33. The van der Waals surface area contributed by atoms with Crippen molar-refractivity contribution in [2.75, 3.05) is 0 Å². The lowest BCUT2D eigenvalue weighted by molar-refractivity contribution is -0.658. The van der Waals surface area contributed by atoms with E-state index in [1.54, 1.807) is 0 Å². The minimum Gasteiger partial charge on any atom is -0.261 e. The first-order valence-corrected chi connectivity index (χ1v) is 53.1. The summed E-state index contributed by atoms with van der Waals surface area (Å²) in [5.74, 6) is 1.67. The summed E-state index contributed by atoms with van der Waals surface area (Å²) in [5, 5.41) is 12.5. The molecule has 1 fully saturated rings. The number of fused-ring (bicyclic) bond motifs is 5. The van der Waals surface area contributed by atoms with Crippen molar-refractivity contribution in [3.63, 3.8) is 0 Å². The summed E-state index contributed by atoms with van der Waals surface area (Å²) in [6.07, 6.45) is 28.7. The molecular weight excluding hydrogens is 1800 g/mol. The average Bonchev–Trinajstić information content (AvgIpc) is 0.781. The second kappa shape index (κ2) is 44.4. The molecule has 0 atom stereocenters. The first-order chi connectivity index (χ1) is 70.8. The molecular formula is C138H149N10+5. The van der Waals surface area contributed by atoms with Crippen LogP contribution in [0.5, 0.6) is 0 Å². The quantitative estimate of drug-likeness (QED) is 0.0955. The SMILES string of the molecule is Cc1cc(C)c(C)c(-c2c(-c3ccc(C(C)C)nc3)c3ccccc3c[n+]2C)c1.Cc1cc(C)c(C)c(-c2c(-c3ccc(C)nc3)c3ccccc3c[n+]2C)c1.Cc1cc(C)c(C)c(-c2c(-c3ccc(C4CCCC4)nc3)c3ccccc3c[n+]2C)c1.Cc1cc(C)c(C)c(-c2c(-c3ccc(CC(C)(C)C)nc3)c3ccccc3c[n+]2C)c1.Cc1cc(C)c(C)c(-c2c(-c3ccc(CC(C)C)nc3)c3ccccc3c[n+]2C)c1. The van der Waals surface area contributed by atoms with E-state index < -0.39 is 0 Å². The summed E-state index contributed by atoms with van der Waals surface area (Å²) >= 11 is 0. The molecule has 0 amide bonds. The van der Waals surface area contributed by atoms with E-state index in [-0.39, 0.29) is 5.41 Å². The van der Waals surface area contributed by atoms with Crippen LogP contribution in [-0.2, 0) is 48.1 Å². The van der Waals surface area contributed by atoms with Gasteiger partial charge in [0, 0.05) is 147 Å². The third kappa shape index (κ3) is 22.5. The number of aryl methyl sites for hydroxylation is 16. The monoisotopic (exact) mass is 1950 g/mol. The van der Waals surface area contributed by atoms with Crippen LogP contribution < -0.4 is 22.8 Å². The fraction of sp³-hybridized carbons (Fsp3) is 0.275. The number of rotatable bonds is 15. The molecule has 148 heavy (non-hydrogen) atoms. The van der Waals surface area contributed by atoms with Gasteiger partial charge in [-0.05, 0) is 300 Å². The van der Waals surface area contributed by atoms with Gasteiger partial charge in [-0.15, -0.1) is 0 Å². The van der Waals surface area contributed by atoms with Crippen LogP contribution in [0.15, 0.2) is 305 Å². The Morgan fingerprint density at radius 2 is 0.547 bits per heavy atom. The van der Waals surface area contributed by atoms with Crippen molar-refractivity contribution in [1.82, 2.24) is 24.9 Å². The van der Waals surface area contributed by atoms with Gasteiger partial charge in [0.15, 0.2) is 31.0 Å². The Hall–Kier alpha value is -15.0. The largest absolute Gasteiger partial charge is 0.261 e. The van der Waals surface area contributed by atoms with Crippen LogP contribution in [0.1, 0.15) is 198 Å². The molecule has 10 heteroatoms. The van der Waals surface area contributed by atoms with Gasteiger partial charge in [0.2, 0.25) is 28.5 Å². The minimum atomic E-state index is 0.224. The van der Waals surface area contributed by atoms with E-state index in [4.69, 9.17) is 19.9 Å². The van der Waals surface area contributed by atoms with Gasteiger partial charge in [0.05, 0.1) is 55.6 Å². The van der Waals surface area contributed by atoms with Crippen LogP contribution in [0.25, 0.3) is 166 Å². The van der Waals surface area contributed by atoms with Crippen LogP contribution in [0.2, 0.25) is 0 Å². The van der Waals surface area contributed by atoms with Gasteiger partial charge < -0.3 is 0 Å². The van der Waals surface area contributed by atoms with Crippen LogP contribution in [0, 0.1) is 122 Å². The normalized spacial score (nSPS) is 12.1. The van der Waals surface area contributed by atoms with Gasteiger partial charge in [-0.3, -0.25) is 24.9 Å². The molecule has 0 bridgehead atoms. The van der Waals surface area contributed by atoms with Crippen LogP contribution in [-0.4, -0.2) is 24.9 Å². The minimum absolute atomic E-state index is 0.224. The van der Waals surface area contributed by atoms with Crippen molar-refractivity contribution >= 4 is 53.9 Å². The Balaban J connectivity index is 0.000000126. The van der Waals surface area contributed by atoms with E-state index in [2.05, 4.69) is 508 Å². The molecule has 1 saturated carbocycles. The smallest absolute Gasteiger partial charge is 0.221 e. The fourth-order valence-electron chi connectivity index (χ4n) is 22.4. The first-order valence-electron chi connectivity index (χ1n) is 53.1. The summed E-state index contributed by atoms with van der Waals surface area (Å²) < 4.78 is 11.4. The van der Waals surface area contributed by atoms with E-state index in [0.29, 0.717) is 17.8 Å². The van der Waals surface area contributed by atoms with E-state index in [1.807, 2.05) is 19.3 Å². The molecule has 20 aromatic rings. The van der Waals surface area contributed by atoms with Crippen molar-refractivity contribution in [2.45, 2.75) is 210 Å². The molecule has 10 nitrogen and oxygen atoms in total. The molecule has 21 rings (SSSR count). The second-order valence-corrected chi connectivity index (χ2v) is 44.2. The summed E-state index contributed by atoms with van der Waals surface area (Å²) in [5.41, 5.74) is 50.5. The molecule has 0 radical (unpaired) electrons. The molecule has 10 aromatic heterocycles. The molecule has 0 aliphatic heterocycles. The van der Waals surface area contributed by atoms with Crippen molar-refractivity contribution in [2.24, 2.45) is 46.6 Å². The predicted octanol–water partition coefficient (Wildman–Crippen LogP) is 32.5. The molecule has 10 aromatic carbocycles. The van der Waals surface area contributed by atoms with Crippen LogP contribution in [0.3, 0.4) is 0 Å². The molecule has 0 saturated heterocycles. The molecule has 10 heterocycles. The summed E-state index contributed by atoms with van der Waals surface area (Å²) in [4.78, 5) is 24.0. The van der Waals surface area contributed by atoms with Gasteiger partial charge in [-0.1, -0.05) is 241 Å². The maximum Gasteiger partial charge on any atom is 0.221 e. The Morgan fingerprint density at radius 3 is 0.791 bits per heavy atom. The maximum absolute atomic E-state index is 4.96. The lowest BCUT2D eigenvalue weighted by Gasteiger charge is -2.18. The zero-order valence-electron chi connectivity index (χ0n) is 92.8. The zero-order valence-corrected chi connectivity index (χ0v) is 92.8. The molecule has 1 aliphatic rings. The maximum atomic E-state index is 4.96. The molecule has 0 unspecified atom stereocenters. The number of aromatic nitrogens is 10. The average molecular weight is 1950 g/mol. The van der Waals surface area contributed by atoms with Gasteiger partial charge in [-0.2, -0.15) is 22.8 Å². The predicted molar refractivity (Wildman–Crippen MR) is 622 cm³/mol. The Labute approximate surface area is 880 Å². The van der Waals surface area contributed by atoms with Gasteiger partial charge >= 0.3 is 0 Å². The molecule has 0 N–H and O–H groups in total. The Bertz CT molecular complexity index is 8380. The third-order valence-electron chi connectivity index (χ3n) is 30.4. The number of nitrogens with zero attached hydrogens (tertiary/aromatic N) is 10. The van der Waals surface area contributed by atoms with Crippen LogP contribution >= 0.6 is 0 Å². The molecule has 1 aliphatic carbocycles. The fourth-order valence-corrected chi connectivity index (χ4v) is 22.4. The van der Waals surface area contributed by atoms with E-state index >= 15 is 0 Å². The summed E-state index contributed by atoms with van der Waals surface area (Å²) in [7, 11) is 10.8. The Kier molecular flexibility index (Phi) is 31.3. The van der Waals surface area contributed by atoms with Gasteiger partial charge in [0.1, 0.15) is 35.2 Å². The zero-order chi connectivity index (χ0) is 105. The Morgan fingerprint density at radius 1 is 0.284 bits per heavy atom. The summed E-state index contributed by atoms with van der Waals surface area (Å²) in [6.45, 7) is 50.7. The highest BCUT2D eigenvalue weighted by molar-refractivity contribution is 6.06. The van der Waals surface area contributed by atoms with E-state index in [1.165, 1.54) is 269 Å². The third-order valence-corrected chi connectivity index (χ3v) is 30.4. The molecule has 746 valence electrons. The highest BCUT2D eigenvalue weighted by Crippen LogP contribution is 2.46. The highest BCUT2D eigenvalue weighted by atomic mass is 15.0. The molecule has 0 spiro atoms. The first kappa shape index (κ1) is 104. The van der Waals surface area contributed by atoms with Crippen molar-refractivity contribution in [1.29, 1.82) is 0 Å². The van der Waals surface area contributed by atoms with Crippen molar-refractivity contribution in [3.8, 4) is 112 Å². The lowest BCUT2D eigenvalue weighted by atomic mass is 9.89. The van der Waals surface area contributed by atoms with Gasteiger partial charge in [0.25, 0.3) is 0 Å². The van der Waals surface area contributed by atoms with Crippen LogP contribution in [0.4, 0.5) is 0 Å².